The lowest BCUT2D eigenvalue weighted by atomic mass is 10.2. The van der Waals surface area contributed by atoms with Crippen molar-refractivity contribution < 1.29 is 4.92 Å². The van der Waals surface area contributed by atoms with Gasteiger partial charge < -0.3 is 5.41 Å². The van der Waals surface area contributed by atoms with Crippen LogP contribution in [0.15, 0.2) is 24.3 Å². The second-order valence-electron chi connectivity index (χ2n) is 2.12. The molecule has 0 fully saturated rings. The van der Waals surface area contributed by atoms with Crippen molar-refractivity contribution in [3.63, 3.8) is 0 Å². The second kappa shape index (κ2) is 3.46. The van der Waals surface area contributed by atoms with Crippen LogP contribution in [-0.4, -0.2) is 10.8 Å². The average molecular weight is 161 g/mol. The van der Waals surface area contributed by atoms with Crippen LogP contribution in [0, 0.1) is 10.1 Å². The molecule has 1 aromatic carbocycles. The SMILES string of the molecule is [N-]=C=Cc1ccc([N+](=O)[O-])cc1. The lowest BCUT2D eigenvalue weighted by Gasteiger charge is -1.91. The summed E-state index contributed by atoms with van der Waals surface area (Å²) in [5.41, 5.74) is 0.702. The highest BCUT2D eigenvalue weighted by atomic mass is 16.6. The molecule has 0 radical (unpaired) electrons. The molecule has 0 aliphatic heterocycles. The minimum atomic E-state index is -0.476. The van der Waals surface area contributed by atoms with Gasteiger partial charge in [-0.2, -0.15) is 0 Å². The molecule has 0 amide bonds. The summed E-state index contributed by atoms with van der Waals surface area (Å²) in [6.07, 6.45) is 1.32. The zero-order valence-corrected chi connectivity index (χ0v) is 6.10. The van der Waals surface area contributed by atoms with Crippen LogP contribution in [0.4, 0.5) is 5.69 Å². The van der Waals surface area contributed by atoms with Crippen molar-refractivity contribution in [2.24, 2.45) is 0 Å². The summed E-state index contributed by atoms with van der Waals surface area (Å²) in [5, 5.41) is 18.5. The Bertz CT molecular complexity index is 316. The van der Waals surface area contributed by atoms with Crippen LogP contribution in [-0.2, 0) is 0 Å². The van der Waals surface area contributed by atoms with E-state index in [0.717, 1.165) is 0 Å². The molecule has 0 aliphatic carbocycles. The molecule has 60 valence electrons. The predicted molar refractivity (Wildman–Crippen MR) is 45.9 cm³/mol. The maximum Gasteiger partial charge on any atom is 0.269 e. The summed E-state index contributed by atoms with van der Waals surface area (Å²) in [5.74, 6) is 1.84. The Hall–Kier alpha value is -1.93. The summed E-state index contributed by atoms with van der Waals surface area (Å²) < 4.78 is 0. The highest BCUT2D eigenvalue weighted by Gasteiger charge is 2.01. The molecule has 0 saturated heterocycles. The van der Waals surface area contributed by atoms with Crippen molar-refractivity contribution in [1.82, 2.24) is 0 Å². The van der Waals surface area contributed by atoms with Gasteiger partial charge in [0.1, 0.15) is 0 Å². The van der Waals surface area contributed by atoms with Crippen LogP contribution in [0.2, 0.25) is 0 Å². The number of rotatable bonds is 2. The number of non-ortho nitro benzene ring substituents is 1. The lowest BCUT2D eigenvalue weighted by Crippen LogP contribution is -1.86. The van der Waals surface area contributed by atoms with Crippen molar-refractivity contribution >= 4 is 17.6 Å². The van der Waals surface area contributed by atoms with Gasteiger partial charge in [0, 0.05) is 12.1 Å². The Labute approximate surface area is 68.8 Å². The van der Waals surface area contributed by atoms with Gasteiger partial charge in [0.2, 0.25) is 0 Å². The Morgan fingerprint density at radius 2 is 2.00 bits per heavy atom. The summed E-state index contributed by atoms with van der Waals surface area (Å²) in [7, 11) is 0. The number of hydrogen-bond donors (Lipinski definition) is 0. The van der Waals surface area contributed by atoms with Gasteiger partial charge in [0.05, 0.1) is 4.92 Å². The third-order valence-electron chi connectivity index (χ3n) is 1.34. The third kappa shape index (κ3) is 1.78. The molecule has 4 heteroatoms. The Kier molecular flexibility index (Phi) is 2.35. The van der Waals surface area contributed by atoms with Gasteiger partial charge in [-0.25, -0.2) is 0 Å². The quantitative estimate of drug-likeness (QED) is 0.377. The van der Waals surface area contributed by atoms with Crippen LogP contribution in [0.1, 0.15) is 5.56 Å². The number of benzene rings is 1. The van der Waals surface area contributed by atoms with Crippen LogP contribution >= 0.6 is 0 Å². The predicted octanol–water partition coefficient (Wildman–Crippen LogP) is 1.85. The van der Waals surface area contributed by atoms with E-state index in [9.17, 15) is 10.1 Å². The standard InChI is InChI=1S/C8H5N2O2/c9-6-5-7-1-3-8(4-2-7)10(11)12/h1-5H/q-1. The monoisotopic (exact) mass is 161 g/mol. The fourth-order valence-corrected chi connectivity index (χ4v) is 0.767. The smallest absolute Gasteiger partial charge is 0.269 e. The first kappa shape index (κ1) is 8.17. The molecule has 0 saturated carbocycles. The van der Waals surface area contributed by atoms with Crippen molar-refractivity contribution in [3.8, 4) is 0 Å². The molecule has 0 aromatic heterocycles. The second-order valence-corrected chi connectivity index (χ2v) is 2.12. The van der Waals surface area contributed by atoms with Crippen molar-refractivity contribution in [2.75, 3.05) is 0 Å². The zero-order chi connectivity index (χ0) is 8.97. The Morgan fingerprint density at radius 1 is 1.42 bits per heavy atom. The summed E-state index contributed by atoms with van der Waals surface area (Å²) >= 11 is 0. The number of hydrogen-bond acceptors (Lipinski definition) is 2. The van der Waals surface area contributed by atoms with E-state index in [1.165, 1.54) is 30.3 Å². The first-order valence-electron chi connectivity index (χ1n) is 3.21. The van der Waals surface area contributed by atoms with Gasteiger partial charge in [0.25, 0.3) is 5.69 Å². The summed E-state index contributed by atoms with van der Waals surface area (Å²) in [6.45, 7) is 0. The maximum absolute atomic E-state index is 10.2. The molecule has 0 atom stereocenters. The molecule has 0 spiro atoms. The third-order valence-corrected chi connectivity index (χ3v) is 1.34. The van der Waals surface area contributed by atoms with Gasteiger partial charge >= 0.3 is 0 Å². The van der Waals surface area contributed by atoms with Gasteiger partial charge in [-0.3, -0.25) is 16.0 Å². The van der Waals surface area contributed by atoms with Crippen molar-refractivity contribution in [3.05, 3.63) is 45.4 Å². The lowest BCUT2D eigenvalue weighted by molar-refractivity contribution is -0.384. The molecule has 1 aromatic rings. The van der Waals surface area contributed by atoms with E-state index >= 15 is 0 Å². The van der Waals surface area contributed by atoms with E-state index in [-0.39, 0.29) is 5.69 Å². The van der Waals surface area contributed by atoms with Gasteiger partial charge in [-0.05, 0) is 23.8 Å². The molecule has 0 heterocycles. The maximum atomic E-state index is 10.2. The Balaban J connectivity index is 3.00. The molecule has 4 nitrogen and oxygen atoms in total. The minimum Gasteiger partial charge on any atom is -0.763 e. The largest absolute Gasteiger partial charge is 0.763 e. The normalized spacial score (nSPS) is 8.67. The highest BCUT2D eigenvalue weighted by molar-refractivity contribution is 5.79. The van der Waals surface area contributed by atoms with E-state index in [1.807, 2.05) is 5.87 Å². The Morgan fingerprint density at radius 3 is 2.42 bits per heavy atom. The van der Waals surface area contributed by atoms with Crippen LogP contribution in [0.3, 0.4) is 0 Å². The fourth-order valence-electron chi connectivity index (χ4n) is 0.767. The van der Waals surface area contributed by atoms with E-state index in [1.54, 1.807) is 0 Å². The van der Waals surface area contributed by atoms with E-state index in [0.29, 0.717) is 5.56 Å². The van der Waals surface area contributed by atoms with Crippen LogP contribution < -0.4 is 0 Å². The summed E-state index contributed by atoms with van der Waals surface area (Å²) in [4.78, 5) is 9.72. The summed E-state index contributed by atoms with van der Waals surface area (Å²) in [6, 6.07) is 5.79. The fraction of sp³-hybridized carbons (Fsp3) is 0. The highest BCUT2D eigenvalue weighted by Crippen LogP contribution is 2.11. The van der Waals surface area contributed by atoms with Crippen LogP contribution in [0.25, 0.3) is 11.5 Å². The average Bonchev–Trinajstić information content (AvgIpc) is 2.06. The number of nitro benzene ring substituents is 1. The van der Waals surface area contributed by atoms with Crippen molar-refractivity contribution in [2.45, 2.75) is 0 Å². The first-order chi connectivity index (χ1) is 5.74. The molecular formula is C8H5N2O2-. The first-order valence-corrected chi connectivity index (χ1v) is 3.21. The molecule has 1 rings (SSSR count). The topological polar surface area (TPSA) is 65.4 Å². The van der Waals surface area contributed by atoms with E-state index in [2.05, 4.69) is 0 Å². The molecule has 0 aliphatic rings. The molecule has 0 unspecified atom stereocenters. The van der Waals surface area contributed by atoms with E-state index in [4.69, 9.17) is 5.41 Å². The van der Waals surface area contributed by atoms with Gasteiger partial charge in [-0.15, -0.1) is 0 Å². The number of nitro groups is 1. The van der Waals surface area contributed by atoms with Crippen LogP contribution in [0.5, 0.6) is 0 Å². The zero-order valence-electron chi connectivity index (χ0n) is 6.10. The van der Waals surface area contributed by atoms with Gasteiger partial charge in [0.15, 0.2) is 0 Å². The number of nitrogens with zero attached hydrogens (tertiary/aromatic N) is 2. The molecule has 0 bridgehead atoms. The minimum absolute atomic E-state index is 0.0325. The van der Waals surface area contributed by atoms with Gasteiger partial charge in [-0.1, -0.05) is 0 Å². The van der Waals surface area contributed by atoms with E-state index < -0.39 is 4.92 Å². The molecule has 12 heavy (non-hydrogen) atoms. The van der Waals surface area contributed by atoms with Crippen molar-refractivity contribution in [1.29, 1.82) is 0 Å². The molecular weight excluding hydrogens is 156 g/mol. The molecule has 0 N–H and O–H groups in total.